The number of hydrogen-bond donors (Lipinski definition) is 0. The summed E-state index contributed by atoms with van der Waals surface area (Å²) in [7, 11) is 3.11. The van der Waals surface area contributed by atoms with Crippen LogP contribution in [0.15, 0.2) is 0 Å². The molecule has 0 rings (SSSR count). The molecule has 0 aliphatic carbocycles. The Kier molecular flexibility index (Phi) is 90.3. The van der Waals surface area contributed by atoms with Crippen molar-refractivity contribution in [3.05, 3.63) is 0 Å². The van der Waals surface area contributed by atoms with Crippen molar-refractivity contribution in [3.63, 3.8) is 0 Å². The first-order valence-corrected chi connectivity index (χ1v) is 1.64. The molecular formula is InP2S. The number of rotatable bonds is 0. The van der Waals surface area contributed by atoms with Gasteiger partial charge in [0.05, 0.1) is 0 Å². The molecule has 0 aliphatic heterocycles. The summed E-state index contributed by atoms with van der Waals surface area (Å²) in [6.07, 6.45) is 0. The molecule has 0 bridgehead atoms. The van der Waals surface area contributed by atoms with Gasteiger partial charge < -0.3 is 0 Å². The van der Waals surface area contributed by atoms with E-state index in [4.69, 9.17) is 0 Å². The SMILES string of the molecule is [In].[P].[P]=S. The van der Waals surface area contributed by atoms with E-state index in [0.717, 1.165) is 0 Å². The van der Waals surface area contributed by atoms with Crippen LogP contribution in [0.4, 0.5) is 0 Å². The minimum absolute atomic E-state index is 0. The second-order valence-electron chi connectivity index (χ2n) is 0. The standard InChI is InChI=1S/In.PS.P/c;1-2;. The zero-order valence-electron chi connectivity index (χ0n) is 1.88. The Labute approximate surface area is 55.4 Å². The summed E-state index contributed by atoms with van der Waals surface area (Å²) >= 11 is 3.78. The largest absolute Gasteiger partial charge is 0.0464 e. The predicted molar refractivity (Wildman–Crippen MR) is 27.0 cm³/mol. The molecule has 4 heteroatoms. The van der Waals surface area contributed by atoms with Crippen LogP contribution in [0.1, 0.15) is 0 Å². The summed E-state index contributed by atoms with van der Waals surface area (Å²) in [6, 6.07) is 0. The average molecular weight is 209 g/mol. The average Bonchev–Trinajstić information content (AvgIpc) is 1.00. The van der Waals surface area contributed by atoms with Gasteiger partial charge in [0.25, 0.3) is 0 Å². The maximum absolute atomic E-state index is 3.78. The van der Waals surface area contributed by atoms with Gasteiger partial charge in [-0.15, -0.1) is 0 Å². The Hall–Kier alpha value is 1.82. The van der Waals surface area contributed by atoms with Crippen LogP contribution in [0.3, 0.4) is 0 Å². The van der Waals surface area contributed by atoms with Gasteiger partial charge in [0.2, 0.25) is 0 Å². The third-order valence-electron chi connectivity index (χ3n) is 0. The van der Waals surface area contributed by atoms with Gasteiger partial charge in [-0.05, 0) is 11.8 Å². The van der Waals surface area contributed by atoms with Gasteiger partial charge in [-0.25, -0.2) is 0 Å². The minimum Gasteiger partial charge on any atom is -0.0464 e. The van der Waals surface area contributed by atoms with E-state index in [1.54, 1.807) is 0 Å². The molecule has 0 heterocycles. The molecule has 7 radical (unpaired) electrons. The predicted octanol–water partition coefficient (Wildman–Crippen LogP) is 1.34. The molecule has 19 valence electrons. The van der Waals surface area contributed by atoms with E-state index < -0.39 is 0 Å². The molecule has 0 unspecified atom stereocenters. The van der Waals surface area contributed by atoms with Crippen molar-refractivity contribution in [1.29, 1.82) is 0 Å². The molecule has 0 aromatic carbocycles. The van der Waals surface area contributed by atoms with Crippen molar-refractivity contribution in [2.75, 3.05) is 0 Å². The Morgan fingerprint density at radius 3 is 1.25 bits per heavy atom. The van der Waals surface area contributed by atoms with Crippen LogP contribution in [-0.4, -0.2) is 25.8 Å². The van der Waals surface area contributed by atoms with E-state index in [2.05, 4.69) is 19.8 Å². The van der Waals surface area contributed by atoms with Gasteiger partial charge in [0.1, 0.15) is 0 Å². The van der Waals surface area contributed by atoms with Crippen LogP contribution in [-0.2, 0) is 11.8 Å². The fourth-order valence-electron chi connectivity index (χ4n) is 0. The molecule has 0 saturated carbocycles. The summed E-state index contributed by atoms with van der Waals surface area (Å²) < 4.78 is 0. The van der Waals surface area contributed by atoms with E-state index in [-0.39, 0.29) is 35.7 Å². The van der Waals surface area contributed by atoms with Crippen molar-refractivity contribution >= 4 is 55.6 Å². The third-order valence-corrected chi connectivity index (χ3v) is 0. The van der Waals surface area contributed by atoms with Crippen LogP contribution >= 0.6 is 17.9 Å². The molecule has 0 amide bonds. The molecule has 0 aromatic rings. The molecule has 0 aromatic heterocycles. The Morgan fingerprint density at radius 2 is 1.25 bits per heavy atom. The van der Waals surface area contributed by atoms with Crippen molar-refractivity contribution in [2.24, 2.45) is 0 Å². The van der Waals surface area contributed by atoms with E-state index in [1.165, 1.54) is 0 Å². The van der Waals surface area contributed by atoms with Crippen LogP contribution in [0.25, 0.3) is 0 Å². The smallest absolute Gasteiger partial charge is 0.0464 e. The molecular weight excluding hydrogens is 209 g/mol. The van der Waals surface area contributed by atoms with Crippen LogP contribution in [0.5, 0.6) is 0 Å². The fourth-order valence-corrected chi connectivity index (χ4v) is 0. The Bertz CT molecular complexity index is 6.00. The summed E-state index contributed by atoms with van der Waals surface area (Å²) in [5.41, 5.74) is 0. The maximum Gasteiger partial charge on any atom is 0.0464 e. The summed E-state index contributed by atoms with van der Waals surface area (Å²) in [6.45, 7) is 0. The molecule has 0 N–H and O–H groups in total. The topological polar surface area (TPSA) is 0 Å². The Morgan fingerprint density at radius 1 is 1.25 bits per heavy atom. The van der Waals surface area contributed by atoms with Crippen molar-refractivity contribution < 1.29 is 0 Å². The van der Waals surface area contributed by atoms with Crippen LogP contribution < -0.4 is 0 Å². The normalized spacial score (nSPS) is 1.00. The van der Waals surface area contributed by atoms with Gasteiger partial charge in [-0.1, -0.05) is 0 Å². The van der Waals surface area contributed by atoms with E-state index in [1.807, 2.05) is 0 Å². The molecule has 0 saturated heterocycles. The molecule has 0 aliphatic rings. The van der Waals surface area contributed by atoms with Gasteiger partial charge in [0.15, 0.2) is 0 Å². The minimum atomic E-state index is 0. The second kappa shape index (κ2) is 21.2. The quantitative estimate of drug-likeness (QED) is 0.542. The third kappa shape index (κ3) is 9.17. The molecule has 4 heavy (non-hydrogen) atoms. The van der Waals surface area contributed by atoms with E-state index in [0.29, 0.717) is 0 Å². The van der Waals surface area contributed by atoms with E-state index in [9.17, 15) is 0 Å². The first kappa shape index (κ1) is 17.0. The van der Waals surface area contributed by atoms with Crippen molar-refractivity contribution in [3.8, 4) is 0 Å². The van der Waals surface area contributed by atoms with Gasteiger partial charge in [-0.3, -0.25) is 0 Å². The molecule has 0 nitrogen and oxygen atoms in total. The van der Waals surface area contributed by atoms with Crippen molar-refractivity contribution in [1.82, 2.24) is 0 Å². The fraction of sp³-hybridized carbons (Fsp3) is 0. The van der Waals surface area contributed by atoms with E-state index >= 15 is 0 Å². The van der Waals surface area contributed by atoms with Crippen LogP contribution in [0, 0.1) is 0 Å². The Balaban J connectivity index is -0.00000000500. The summed E-state index contributed by atoms with van der Waals surface area (Å²) in [4.78, 5) is 0. The molecule has 0 fully saturated rings. The first-order valence-electron chi connectivity index (χ1n) is 0.183. The van der Waals surface area contributed by atoms with Gasteiger partial charge >= 0.3 is 0 Å². The number of hydrogen-bond acceptors (Lipinski definition) is 1. The first-order chi connectivity index (χ1) is 1.00. The second-order valence-corrected chi connectivity index (χ2v) is 0. The zero-order valence-corrected chi connectivity index (χ0v) is 7.78. The summed E-state index contributed by atoms with van der Waals surface area (Å²) in [5, 5.41) is 0. The summed E-state index contributed by atoms with van der Waals surface area (Å²) in [5.74, 6) is 0. The zero-order chi connectivity index (χ0) is 2.00. The van der Waals surface area contributed by atoms with Gasteiger partial charge in [-0.2, -0.15) is 0 Å². The van der Waals surface area contributed by atoms with Crippen LogP contribution in [0.2, 0.25) is 0 Å². The van der Waals surface area contributed by atoms with Gasteiger partial charge in [0, 0.05) is 43.8 Å². The maximum atomic E-state index is 3.78. The monoisotopic (exact) mass is 209 g/mol. The molecule has 0 spiro atoms. The van der Waals surface area contributed by atoms with Crippen molar-refractivity contribution in [2.45, 2.75) is 0 Å². The molecule has 0 atom stereocenters.